The van der Waals surface area contributed by atoms with Gasteiger partial charge in [0.25, 0.3) is 0 Å². The van der Waals surface area contributed by atoms with Crippen LogP contribution in [0.3, 0.4) is 0 Å². The van der Waals surface area contributed by atoms with E-state index in [4.69, 9.17) is 5.73 Å². The van der Waals surface area contributed by atoms with Gasteiger partial charge in [-0.15, -0.1) is 0 Å². The minimum Gasteiger partial charge on any atom is -0.318 e. The molecule has 2 aromatic rings. The number of anilines is 1. The van der Waals surface area contributed by atoms with Crippen molar-refractivity contribution in [3.8, 4) is 0 Å². The van der Waals surface area contributed by atoms with Crippen LogP contribution in [0.25, 0.3) is 6.08 Å². The molecule has 2 aromatic carbocycles. The first-order valence-electron chi connectivity index (χ1n) is 6.64. The highest BCUT2D eigenvalue weighted by Crippen LogP contribution is 2.28. The van der Waals surface area contributed by atoms with Gasteiger partial charge in [-0.1, -0.05) is 60.7 Å². The molecule has 1 heterocycles. The number of nitrogens with zero attached hydrogens (tertiary/aromatic N) is 1. The molecule has 1 aliphatic heterocycles. The fourth-order valence-corrected chi connectivity index (χ4v) is 2.40. The Morgan fingerprint density at radius 1 is 0.950 bits per heavy atom. The molecule has 0 spiro atoms. The van der Waals surface area contributed by atoms with E-state index in [0.717, 1.165) is 11.3 Å². The first-order valence-corrected chi connectivity index (χ1v) is 6.64. The molecule has 20 heavy (non-hydrogen) atoms. The molecule has 1 amide bonds. The summed E-state index contributed by atoms with van der Waals surface area (Å²) in [7, 11) is 0. The predicted molar refractivity (Wildman–Crippen MR) is 81.2 cm³/mol. The lowest BCUT2D eigenvalue weighted by molar-refractivity contribution is -0.125. The monoisotopic (exact) mass is 264 g/mol. The first kappa shape index (κ1) is 12.6. The predicted octanol–water partition coefficient (Wildman–Crippen LogP) is 2.44. The summed E-state index contributed by atoms with van der Waals surface area (Å²) >= 11 is 0. The Morgan fingerprint density at radius 3 is 2.20 bits per heavy atom. The number of carbonyl (C=O) groups excluding carboxylic acids is 1. The topological polar surface area (TPSA) is 46.3 Å². The second-order valence-electron chi connectivity index (χ2n) is 4.83. The fourth-order valence-electron chi connectivity index (χ4n) is 2.40. The third kappa shape index (κ3) is 2.24. The van der Waals surface area contributed by atoms with Crippen molar-refractivity contribution < 1.29 is 4.79 Å². The third-order valence-corrected chi connectivity index (χ3v) is 3.51. The second-order valence-corrected chi connectivity index (χ2v) is 4.83. The van der Waals surface area contributed by atoms with Crippen LogP contribution >= 0.6 is 0 Å². The number of para-hydroxylation sites is 1. The average Bonchev–Trinajstić information content (AvgIpc) is 2.52. The van der Waals surface area contributed by atoms with Crippen LogP contribution in [0.15, 0.2) is 66.7 Å². The molecule has 3 nitrogen and oxygen atoms in total. The van der Waals surface area contributed by atoms with Gasteiger partial charge in [-0.3, -0.25) is 4.79 Å². The highest BCUT2D eigenvalue weighted by molar-refractivity contribution is 6.06. The molecule has 0 saturated carbocycles. The Labute approximate surface area is 118 Å². The Kier molecular flexibility index (Phi) is 3.35. The number of benzene rings is 2. The summed E-state index contributed by atoms with van der Waals surface area (Å²) in [6.07, 6.45) is 4.00. The number of hydrogen-bond donors (Lipinski definition) is 1. The molecule has 3 rings (SSSR count). The van der Waals surface area contributed by atoms with Crippen molar-refractivity contribution in [2.75, 3.05) is 4.90 Å². The average molecular weight is 264 g/mol. The van der Waals surface area contributed by atoms with E-state index in [0.29, 0.717) is 0 Å². The SMILES string of the molecule is N[C@@H]1C(=O)N(c2ccccc2)[C@@H]1/C=C/c1ccccc1. The lowest BCUT2D eigenvalue weighted by Gasteiger charge is -2.43. The molecule has 0 unspecified atom stereocenters. The zero-order chi connectivity index (χ0) is 13.9. The van der Waals surface area contributed by atoms with E-state index in [1.54, 1.807) is 4.90 Å². The minimum absolute atomic E-state index is 0.0288. The molecule has 2 N–H and O–H groups in total. The zero-order valence-corrected chi connectivity index (χ0v) is 11.0. The number of hydrogen-bond acceptors (Lipinski definition) is 2. The highest BCUT2D eigenvalue weighted by Gasteiger charge is 2.43. The zero-order valence-electron chi connectivity index (χ0n) is 11.0. The van der Waals surface area contributed by atoms with E-state index in [2.05, 4.69) is 0 Å². The van der Waals surface area contributed by atoms with E-state index < -0.39 is 6.04 Å². The van der Waals surface area contributed by atoms with Gasteiger partial charge in [0.05, 0.1) is 6.04 Å². The van der Waals surface area contributed by atoms with Gasteiger partial charge in [0.2, 0.25) is 5.91 Å². The summed E-state index contributed by atoms with van der Waals surface area (Å²) in [6, 6.07) is 19.1. The molecule has 1 fully saturated rings. The number of β-lactam (4-membered cyclic amide) rings is 1. The Balaban J connectivity index is 1.82. The van der Waals surface area contributed by atoms with Gasteiger partial charge in [0.15, 0.2) is 0 Å². The number of nitrogens with two attached hydrogens (primary N) is 1. The number of carbonyl (C=O) groups is 1. The quantitative estimate of drug-likeness (QED) is 0.865. The lowest BCUT2D eigenvalue weighted by atomic mass is 9.93. The fraction of sp³-hybridized carbons (Fsp3) is 0.118. The van der Waals surface area contributed by atoms with Gasteiger partial charge >= 0.3 is 0 Å². The smallest absolute Gasteiger partial charge is 0.247 e. The number of amides is 1. The van der Waals surface area contributed by atoms with Crippen LogP contribution in [-0.4, -0.2) is 18.0 Å². The van der Waals surface area contributed by atoms with Crippen LogP contribution < -0.4 is 10.6 Å². The summed E-state index contributed by atoms with van der Waals surface area (Å²) in [6.45, 7) is 0. The first-order chi connectivity index (χ1) is 9.77. The molecule has 100 valence electrons. The normalized spacial score (nSPS) is 22.1. The summed E-state index contributed by atoms with van der Waals surface area (Å²) in [5.41, 5.74) is 7.91. The van der Waals surface area contributed by atoms with E-state index in [9.17, 15) is 4.79 Å². The summed E-state index contributed by atoms with van der Waals surface area (Å²) in [5.74, 6) is -0.0288. The van der Waals surface area contributed by atoms with Crippen LogP contribution in [0.4, 0.5) is 5.69 Å². The molecule has 0 aliphatic carbocycles. The van der Waals surface area contributed by atoms with Gasteiger partial charge in [0, 0.05) is 5.69 Å². The highest BCUT2D eigenvalue weighted by atomic mass is 16.2. The molecular weight excluding hydrogens is 248 g/mol. The van der Waals surface area contributed by atoms with Crippen molar-refractivity contribution >= 4 is 17.7 Å². The van der Waals surface area contributed by atoms with Gasteiger partial charge in [0.1, 0.15) is 6.04 Å². The largest absolute Gasteiger partial charge is 0.318 e. The van der Waals surface area contributed by atoms with E-state index in [1.165, 1.54) is 0 Å². The lowest BCUT2D eigenvalue weighted by Crippen LogP contribution is -2.68. The standard InChI is InChI=1S/C17H16N2O/c18-16-15(12-11-13-7-3-1-4-8-13)19(17(16)20)14-9-5-2-6-10-14/h1-12,15-16H,18H2/b12-11+/t15-,16+/m1/s1. The Morgan fingerprint density at radius 2 is 1.55 bits per heavy atom. The van der Waals surface area contributed by atoms with Gasteiger partial charge in [-0.25, -0.2) is 0 Å². The van der Waals surface area contributed by atoms with Crippen LogP contribution in [0, 0.1) is 0 Å². The summed E-state index contributed by atoms with van der Waals surface area (Å²) in [5, 5.41) is 0. The van der Waals surface area contributed by atoms with Gasteiger partial charge in [-0.2, -0.15) is 0 Å². The molecule has 0 aromatic heterocycles. The van der Waals surface area contributed by atoms with Crippen LogP contribution in [-0.2, 0) is 4.79 Å². The third-order valence-electron chi connectivity index (χ3n) is 3.51. The Hall–Kier alpha value is -2.39. The molecule has 2 atom stereocenters. The van der Waals surface area contributed by atoms with Gasteiger partial charge in [-0.05, 0) is 17.7 Å². The van der Waals surface area contributed by atoms with Crippen molar-refractivity contribution in [3.05, 3.63) is 72.3 Å². The Bertz CT molecular complexity index is 622. The van der Waals surface area contributed by atoms with E-state index in [1.807, 2.05) is 72.8 Å². The molecule has 0 radical (unpaired) electrons. The maximum Gasteiger partial charge on any atom is 0.247 e. The van der Waals surface area contributed by atoms with E-state index in [-0.39, 0.29) is 11.9 Å². The minimum atomic E-state index is -0.449. The molecule has 1 saturated heterocycles. The van der Waals surface area contributed by atoms with Crippen molar-refractivity contribution in [2.45, 2.75) is 12.1 Å². The van der Waals surface area contributed by atoms with Gasteiger partial charge < -0.3 is 10.6 Å². The van der Waals surface area contributed by atoms with Crippen LogP contribution in [0.5, 0.6) is 0 Å². The van der Waals surface area contributed by atoms with Crippen molar-refractivity contribution in [1.29, 1.82) is 0 Å². The molecule has 3 heteroatoms. The maximum absolute atomic E-state index is 12.0. The second kappa shape index (κ2) is 5.31. The van der Waals surface area contributed by atoms with Crippen LogP contribution in [0.1, 0.15) is 5.56 Å². The van der Waals surface area contributed by atoms with Crippen LogP contribution in [0.2, 0.25) is 0 Å². The van der Waals surface area contributed by atoms with Crippen molar-refractivity contribution in [1.82, 2.24) is 0 Å². The summed E-state index contributed by atoms with van der Waals surface area (Å²) < 4.78 is 0. The number of rotatable bonds is 3. The maximum atomic E-state index is 12.0. The van der Waals surface area contributed by atoms with Crippen molar-refractivity contribution in [2.24, 2.45) is 5.73 Å². The molecular formula is C17H16N2O. The van der Waals surface area contributed by atoms with Crippen molar-refractivity contribution in [3.63, 3.8) is 0 Å². The van der Waals surface area contributed by atoms with E-state index >= 15 is 0 Å². The molecule has 1 aliphatic rings. The molecule has 0 bridgehead atoms. The summed E-state index contributed by atoms with van der Waals surface area (Å²) in [4.78, 5) is 13.7.